The molecule has 2 aromatic rings. The van der Waals surface area contributed by atoms with Crippen LogP contribution in [0.2, 0.25) is 0 Å². The highest BCUT2D eigenvalue weighted by molar-refractivity contribution is 7.89. The number of aliphatic hydroxyl groups is 1. The fourth-order valence-electron chi connectivity index (χ4n) is 4.72. The summed E-state index contributed by atoms with van der Waals surface area (Å²) >= 11 is 0. The summed E-state index contributed by atoms with van der Waals surface area (Å²) in [6.45, 7) is 9.95. The van der Waals surface area contributed by atoms with Crippen LogP contribution in [-0.2, 0) is 16.6 Å². The number of benzene rings is 2. The molecule has 0 saturated heterocycles. The molecular weight excluding hydrogens is 544 g/mol. The third kappa shape index (κ3) is 9.51. The summed E-state index contributed by atoms with van der Waals surface area (Å²) in [6.07, 6.45) is 2.45. The van der Waals surface area contributed by atoms with E-state index < -0.39 is 16.1 Å². The van der Waals surface area contributed by atoms with Crippen LogP contribution < -0.4 is 20.5 Å². The standard InChI is InChI=1S/C30H46N4O6S/c1-22(2)14-16-34(41(37,38)27-11-9-25(31)10-12-27)26(20-35)7-5-6-15-32-30(36)33(18-23(3)4)19-24-8-13-28-29(17-24)40-21-39-28/h8-13,17,22-23,26,35H,5-7,14-16,18-21,31H2,1-4H3,(H,32,36). The molecule has 1 aliphatic rings. The summed E-state index contributed by atoms with van der Waals surface area (Å²) in [6, 6.07) is 11.1. The first kappa shape index (κ1) is 32.5. The van der Waals surface area contributed by atoms with E-state index >= 15 is 0 Å². The first-order valence-corrected chi connectivity index (χ1v) is 15.8. The Balaban J connectivity index is 1.56. The molecule has 0 aliphatic carbocycles. The third-order valence-corrected chi connectivity index (χ3v) is 8.92. The van der Waals surface area contributed by atoms with Crippen LogP contribution in [0, 0.1) is 11.8 Å². The molecule has 0 aromatic heterocycles. The van der Waals surface area contributed by atoms with Crippen LogP contribution in [-0.4, -0.2) is 67.8 Å². The predicted molar refractivity (Wildman–Crippen MR) is 160 cm³/mol. The molecule has 4 N–H and O–H groups in total. The Kier molecular flexibility index (Phi) is 12.1. The van der Waals surface area contributed by atoms with Gasteiger partial charge >= 0.3 is 6.03 Å². The highest BCUT2D eigenvalue weighted by Crippen LogP contribution is 2.33. The molecule has 3 rings (SSSR count). The number of carbonyl (C=O) groups is 1. The summed E-state index contributed by atoms with van der Waals surface area (Å²) in [4.78, 5) is 15.0. The van der Waals surface area contributed by atoms with Crippen molar-refractivity contribution >= 4 is 21.7 Å². The summed E-state index contributed by atoms with van der Waals surface area (Å²) in [5, 5.41) is 13.2. The van der Waals surface area contributed by atoms with Crippen LogP contribution in [0.1, 0.15) is 58.9 Å². The van der Waals surface area contributed by atoms with Gasteiger partial charge in [0.05, 0.1) is 11.5 Å². The number of nitrogens with zero attached hydrogens (tertiary/aromatic N) is 2. The molecule has 2 amide bonds. The van der Waals surface area contributed by atoms with Crippen molar-refractivity contribution < 1.29 is 27.8 Å². The topological polar surface area (TPSA) is 134 Å². The van der Waals surface area contributed by atoms with E-state index in [9.17, 15) is 18.3 Å². The number of sulfonamides is 1. The molecule has 0 spiro atoms. The molecule has 1 atom stereocenters. The van der Waals surface area contributed by atoms with E-state index in [1.807, 2.05) is 32.0 Å². The molecule has 11 heteroatoms. The number of rotatable bonds is 16. The van der Waals surface area contributed by atoms with E-state index in [0.29, 0.717) is 80.9 Å². The van der Waals surface area contributed by atoms with Gasteiger partial charge in [0.2, 0.25) is 16.8 Å². The van der Waals surface area contributed by atoms with Gasteiger partial charge in [-0.2, -0.15) is 4.31 Å². The van der Waals surface area contributed by atoms with Crippen LogP contribution in [0.15, 0.2) is 47.4 Å². The molecule has 0 radical (unpaired) electrons. The van der Waals surface area contributed by atoms with E-state index in [-0.39, 0.29) is 24.3 Å². The lowest BCUT2D eigenvalue weighted by Crippen LogP contribution is -2.43. The lowest BCUT2D eigenvalue weighted by Gasteiger charge is -2.30. The van der Waals surface area contributed by atoms with Crippen molar-refractivity contribution in [3.8, 4) is 11.5 Å². The average Bonchev–Trinajstić information content (AvgIpc) is 3.39. The zero-order chi connectivity index (χ0) is 30.0. The maximum atomic E-state index is 13.5. The van der Waals surface area contributed by atoms with Gasteiger partial charge in [0.1, 0.15) is 0 Å². The van der Waals surface area contributed by atoms with E-state index in [4.69, 9.17) is 15.2 Å². The molecule has 1 aliphatic heterocycles. The van der Waals surface area contributed by atoms with Gasteiger partial charge in [0.15, 0.2) is 11.5 Å². The number of aliphatic hydroxyl groups excluding tert-OH is 1. The van der Waals surface area contributed by atoms with E-state index in [0.717, 1.165) is 5.56 Å². The Bertz CT molecular complexity index is 1220. The second-order valence-corrected chi connectivity index (χ2v) is 13.3. The highest BCUT2D eigenvalue weighted by atomic mass is 32.2. The molecule has 1 heterocycles. The van der Waals surface area contributed by atoms with Crippen molar-refractivity contribution in [2.45, 2.75) is 70.9 Å². The smallest absolute Gasteiger partial charge is 0.317 e. The molecule has 10 nitrogen and oxygen atoms in total. The molecular formula is C30H46N4O6S. The number of amides is 2. The molecule has 0 fully saturated rings. The minimum Gasteiger partial charge on any atom is -0.454 e. The molecule has 1 unspecified atom stereocenters. The van der Waals surface area contributed by atoms with Crippen molar-refractivity contribution in [2.75, 3.05) is 38.8 Å². The molecule has 228 valence electrons. The van der Waals surface area contributed by atoms with Gasteiger partial charge in [-0.3, -0.25) is 0 Å². The number of nitrogens with one attached hydrogen (secondary N) is 1. The minimum absolute atomic E-state index is 0.153. The van der Waals surface area contributed by atoms with E-state index in [1.165, 1.54) is 16.4 Å². The number of urea groups is 1. The Labute approximate surface area is 244 Å². The number of hydrogen-bond acceptors (Lipinski definition) is 7. The average molecular weight is 591 g/mol. The lowest BCUT2D eigenvalue weighted by molar-refractivity contribution is 0.171. The second kappa shape index (κ2) is 15.3. The number of anilines is 1. The van der Waals surface area contributed by atoms with Crippen LogP contribution in [0.25, 0.3) is 0 Å². The number of hydrogen-bond donors (Lipinski definition) is 3. The van der Waals surface area contributed by atoms with Crippen molar-refractivity contribution in [1.29, 1.82) is 0 Å². The van der Waals surface area contributed by atoms with Crippen LogP contribution in [0.3, 0.4) is 0 Å². The van der Waals surface area contributed by atoms with Gasteiger partial charge in [-0.05, 0) is 73.1 Å². The quantitative estimate of drug-likeness (QED) is 0.194. The van der Waals surface area contributed by atoms with Gasteiger partial charge in [0, 0.05) is 37.9 Å². The molecule has 2 aromatic carbocycles. The number of fused-ring (bicyclic) bond motifs is 1. The van der Waals surface area contributed by atoms with Crippen molar-refractivity contribution in [3.05, 3.63) is 48.0 Å². The largest absolute Gasteiger partial charge is 0.454 e. The maximum absolute atomic E-state index is 13.5. The number of nitrogen functional groups attached to an aromatic ring is 1. The predicted octanol–water partition coefficient (Wildman–Crippen LogP) is 4.43. The number of unbranched alkanes of at least 4 members (excludes halogenated alkanes) is 1. The van der Waals surface area contributed by atoms with Gasteiger partial charge in [-0.15, -0.1) is 0 Å². The third-order valence-electron chi connectivity index (χ3n) is 6.96. The van der Waals surface area contributed by atoms with Gasteiger partial charge < -0.3 is 30.5 Å². The van der Waals surface area contributed by atoms with Gasteiger partial charge in [-0.1, -0.05) is 40.2 Å². The van der Waals surface area contributed by atoms with Gasteiger partial charge in [0.25, 0.3) is 0 Å². The van der Waals surface area contributed by atoms with Crippen molar-refractivity contribution in [3.63, 3.8) is 0 Å². The molecule has 0 saturated carbocycles. The zero-order valence-corrected chi connectivity index (χ0v) is 25.5. The molecule has 41 heavy (non-hydrogen) atoms. The molecule has 0 bridgehead atoms. The fraction of sp³-hybridized carbons (Fsp3) is 0.567. The van der Waals surface area contributed by atoms with Gasteiger partial charge in [-0.25, -0.2) is 13.2 Å². The monoisotopic (exact) mass is 590 g/mol. The SMILES string of the molecule is CC(C)CCN(C(CO)CCCCNC(=O)N(Cc1ccc2c(c1)OCO2)CC(C)C)S(=O)(=O)c1ccc(N)cc1. The first-order valence-electron chi connectivity index (χ1n) is 14.4. The number of ether oxygens (including phenoxy) is 2. The summed E-state index contributed by atoms with van der Waals surface area (Å²) < 4.78 is 39.3. The lowest BCUT2D eigenvalue weighted by atomic mass is 10.1. The Morgan fingerprint density at radius 1 is 1.00 bits per heavy atom. The van der Waals surface area contributed by atoms with Crippen LogP contribution in [0.4, 0.5) is 10.5 Å². The Morgan fingerprint density at radius 3 is 2.37 bits per heavy atom. The fourth-order valence-corrected chi connectivity index (χ4v) is 6.38. The van der Waals surface area contributed by atoms with Crippen molar-refractivity contribution in [2.24, 2.45) is 11.8 Å². The zero-order valence-electron chi connectivity index (χ0n) is 24.7. The summed E-state index contributed by atoms with van der Waals surface area (Å²) in [5.41, 5.74) is 7.20. The Hall–Kier alpha value is -3.02. The second-order valence-electron chi connectivity index (χ2n) is 11.4. The minimum atomic E-state index is -3.81. The maximum Gasteiger partial charge on any atom is 0.317 e. The van der Waals surface area contributed by atoms with Crippen molar-refractivity contribution in [1.82, 2.24) is 14.5 Å². The summed E-state index contributed by atoms with van der Waals surface area (Å²) in [7, 11) is -3.81. The number of carbonyl (C=O) groups excluding carboxylic acids is 1. The Morgan fingerprint density at radius 2 is 1.71 bits per heavy atom. The first-order chi connectivity index (χ1) is 19.5. The van der Waals surface area contributed by atoms with E-state index in [2.05, 4.69) is 19.2 Å². The normalized spacial score (nSPS) is 13.7. The number of nitrogens with two attached hydrogens (primary N) is 1. The van der Waals surface area contributed by atoms with Crippen LogP contribution >= 0.6 is 0 Å². The van der Waals surface area contributed by atoms with E-state index in [1.54, 1.807) is 17.0 Å². The van der Waals surface area contributed by atoms with Crippen LogP contribution in [0.5, 0.6) is 11.5 Å². The summed E-state index contributed by atoms with van der Waals surface area (Å²) in [5.74, 6) is 1.99. The highest BCUT2D eigenvalue weighted by Gasteiger charge is 2.31.